The summed E-state index contributed by atoms with van der Waals surface area (Å²) in [6, 6.07) is 13.4. The number of para-hydroxylation sites is 2. The van der Waals surface area contributed by atoms with Crippen LogP contribution in [0.4, 0.5) is 5.69 Å². The molecule has 0 bridgehead atoms. The van der Waals surface area contributed by atoms with Gasteiger partial charge in [0.15, 0.2) is 5.11 Å². The Bertz CT molecular complexity index is 841. The lowest BCUT2D eigenvalue weighted by molar-refractivity contribution is 0.0600. The number of amides is 1. The van der Waals surface area contributed by atoms with Gasteiger partial charge >= 0.3 is 5.97 Å². The van der Waals surface area contributed by atoms with Gasteiger partial charge in [0.1, 0.15) is 12.4 Å². The van der Waals surface area contributed by atoms with E-state index in [4.69, 9.17) is 21.7 Å². The third-order valence-corrected chi connectivity index (χ3v) is 3.80. The van der Waals surface area contributed by atoms with E-state index < -0.39 is 11.9 Å². The average molecular weight is 402 g/mol. The van der Waals surface area contributed by atoms with E-state index in [0.29, 0.717) is 31.3 Å². The van der Waals surface area contributed by atoms with Crippen molar-refractivity contribution in [1.82, 2.24) is 5.32 Å². The molecule has 2 aromatic carbocycles. The second-order valence-electron chi connectivity index (χ2n) is 5.52. The number of nitrogens with one attached hydrogen (secondary N) is 2. The lowest BCUT2D eigenvalue weighted by Gasteiger charge is -2.14. The number of ether oxygens (including phenoxy) is 3. The highest BCUT2D eigenvalue weighted by Crippen LogP contribution is 2.23. The first-order chi connectivity index (χ1) is 13.5. The zero-order valence-corrected chi connectivity index (χ0v) is 16.5. The van der Waals surface area contributed by atoms with Gasteiger partial charge in [-0.2, -0.15) is 0 Å². The van der Waals surface area contributed by atoms with Crippen molar-refractivity contribution in [3.05, 3.63) is 59.7 Å². The zero-order chi connectivity index (χ0) is 20.4. The molecule has 0 saturated carbocycles. The molecule has 8 heteroatoms. The van der Waals surface area contributed by atoms with E-state index in [9.17, 15) is 9.59 Å². The van der Waals surface area contributed by atoms with Crippen molar-refractivity contribution in [2.75, 3.05) is 32.2 Å². The SMILES string of the molecule is CCOCCOc1ccccc1NC(=S)NC(=O)c1cccc(C(=O)OC)c1. The number of methoxy groups -OCH3 is 1. The molecule has 2 N–H and O–H groups in total. The van der Waals surface area contributed by atoms with Gasteiger partial charge in [-0.25, -0.2) is 4.79 Å². The summed E-state index contributed by atoms with van der Waals surface area (Å²) in [7, 11) is 1.28. The minimum atomic E-state index is -0.520. The average Bonchev–Trinajstić information content (AvgIpc) is 2.71. The Morgan fingerprint density at radius 3 is 2.54 bits per heavy atom. The predicted molar refractivity (Wildman–Crippen MR) is 110 cm³/mol. The maximum atomic E-state index is 12.4. The lowest BCUT2D eigenvalue weighted by atomic mass is 10.1. The van der Waals surface area contributed by atoms with Crippen LogP contribution in [-0.2, 0) is 9.47 Å². The number of carbonyl (C=O) groups excluding carboxylic acids is 2. The Balaban J connectivity index is 1.99. The Morgan fingerprint density at radius 2 is 1.79 bits per heavy atom. The molecule has 148 valence electrons. The summed E-state index contributed by atoms with van der Waals surface area (Å²) >= 11 is 5.22. The first-order valence-electron chi connectivity index (χ1n) is 8.65. The molecular formula is C20H22N2O5S. The Hall–Kier alpha value is -2.97. The summed E-state index contributed by atoms with van der Waals surface area (Å²) < 4.78 is 15.6. The molecule has 0 heterocycles. The van der Waals surface area contributed by atoms with Crippen LogP contribution in [0.2, 0.25) is 0 Å². The number of hydrogen-bond acceptors (Lipinski definition) is 6. The van der Waals surface area contributed by atoms with Crippen LogP contribution in [0.1, 0.15) is 27.6 Å². The number of thiocarbonyl (C=S) groups is 1. The van der Waals surface area contributed by atoms with Gasteiger partial charge in [-0.1, -0.05) is 18.2 Å². The number of anilines is 1. The van der Waals surface area contributed by atoms with Crippen LogP contribution in [0.3, 0.4) is 0 Å². The molecule has 0 fully saturated rings. The molecule has 1 amide bonds. The molecule has 0 atom stereocenters. The van der Waals surface area contributed by atoms with E-state index in [1.807, 2.05) is 19.1 Å². The highest BCUT2D eigenvalue weighted by molar-refractivity contribution is 7.80. The molecule has 0 radical (unpaired) electrons. The van der Waals surface area contributed by atoms with Crippen molar-refractivity contribution in [3.63, 3.8) is 0 Å². The first kappa shape index (κ1) is 21.3. The van der Waals surface area contributed by atoms with Gasteiger partial charge in [0.05, 0.1) is 25.0 Å². The normalized spacial score (nSPS) is 10.1. The molecule has 0 saturated heterocycles. The molecular weight excluding hydrogens is 380 g/mol. The maximum absolute atomic E-state index is 12.4. The number of hydrogen-bond donors (Lipinski definition) is 2. The summed E-state index contributed by atoms with van der Waals surface area (Å²) in [5.41, 5.74) is 1.18. The quantitative estimate of drug-likeness (QED) is 0.399. The fourth-order valence-electron chi connectivity index (χ4n) is 2.28. The fourth-order valence-corrected chi connectivity index (χ4v) is 2.49. The first-order valence-corrected chi connectivity index (χ1v) is 9.06. The second kappa shape index (κ2) is 11.0. The molecule has 7 nitrogen and oxygen atoms in total. The van der Waals surface area contributed by atoms with E-state index in [0.717, 1.165) is 0 Å². The topological polar surface area (TPSA) is 85.9 Å². The Kier molecular flexibility index (Phi) is 8.38. The van der Waals surface area contributed by atoms with Crippen LogP contribution < -0.4 is 15.4 Å². The number of carbonyl (C=O) groups is 2. The van der Waals surface area contributed by atoms with Crippen LogP contribution in [0, 0.1) is 0 Å². The van der Waals surface area contributed by atoms with Crippen LogP contribution in [-0.4, -0.2) is 43.9 Å². The van der Waals surface area contributed by atoms with Gasteiger partial charge in [0, 0.05) is 12.2 Å². The highest BCUT2D eigenvalue weighted by atomic mass is 32.1. The van der Waals surface area contributed by atoms with E-state index in [1.165, 1.54) is 13.2 Å². The van der Waals surface area contributed by atoms with Crippen molar-refractivity contribution in [1.29, 1.82) is 0 Å². The van der Waals surface area contributed by atoms with E-state index in [2.05, 4.69) is 15.4 Å². The van der Waals surface area contributed by atoms with Crippen molar-refractivity contribution >= 4 is 34.9 Å². The Labute approximate surface area is 169 Å². The fraction of sp³-hybridized carbons (Fsp3) is 0.250. The van der Waals surface area contributed by atoms with Crippen LogP contribution in [0.25, 0.3) is 0 Å². The van der Waals surface area contributed by atoms with Crippen molar-refractivity contribution < 1.29 is 23.8 Å². The summed E-state index contributed by atoms with van der Waals surface area (Å²) in [4.78, 5) is 24.0. The largest absolute Gasteiger partial charge is 0.489 e. The van der Waals surface area contributed by atoms with Gasteiger partial charge in [0.25, 0.3) is 5.91 Å². The minimum absolute atomic E-state index is 0.106. The molecule has 0 spiro atoms. The highest BCUT2D eigenvalue weighted by Gasteiger charge is 2.13. The van der Waals surface area contributed by atoms with E-state index in [-0.39, 0.29) is 16.2 Å². The molecule has 0 aliphatic carbocycles. The molecule has 2 rings (SSSR count). The molecule has 28 heavy (non-hydrogen) atoms. The third-order valence-electron chi connectivity index (χ3n) is 3.60. The number of rotatable bonds is 8. The van der Waals surface area contributed by atoms with Gasteiger partial charge < -0.3 is 19.5 Å². The van der Waals surface area contributed by atoms with Crippen LogP contribution in [0.15, 0.2) is 48.5 Å². The van der Waals surface area contributed by atoms with Gasteiger partial charge in [-0.05, 0) is 49.5 Å². The standard InChI is InChI=1S/C20H22N2O5S/c1-3-26-11-12-27-17-10-5-4-9-16(17)21-20(28)22-18(23)14-7-6-8-15(13-14)19(24)25-2/h4-10,13H,3,11-12H2,1-2H3,(H2,21,22,23,28). The number of esters is 1. The van der Waals surface area contributed by atoms with Gasteiger partial charge in [-0.15, -0.1) is 0 Å². The minimum Gasteiger partial charge on any atom is -0.489 e. The summed E-state index contributed by atoms with van der Waals surface area (Å²) in [5, 5.41) is 5.63. The van der Waals surface area contributed by atoms with Gasteiger partial charge in [-0.3, -0.25) is 10.1 Å². The third kappa shape index (κ3) is 6.33. The van der Waals surface area contributed by atoms with Gasteiger partial charge in [0.2, 0.25) is 0 Å². The predicted octanol–water partition coefficient (Wildman–Crippen LogP) is 3.02. The summed E-state index contributed by atoms with van der Waals surface area (Å²) in [6.07, 6.45) is 0. The molecule has 2 aromatic rings. The molecule has 0 aliphatic rings. The van der Waals surface area contributed by atoms with Crippen molar-refractivity contribution in [2.24, 2.45) is 0 Å². The second-order valence-corrected chi connectivity index (χ2v) is 5.93. The smallest absolute Gasteiger partial charge is 0.337 e. The maximum Gasteiger partial charge on any atom is 0.337 e. The molecule has 0 aliphatic heterocycles. The lowest BCUT2D eigenvalue weighted by Crippen LogP contribution is -2.34. The van der Waals surface area contributed by atoms with Crippen LogP contribution in [0.5, 0.6) is 5.75 Å². The van der Waals surface area contributed by atoms with Crippen LogP contribution >= 0.6 is 12.2 Å². The van der Waals surface area contributed by atoms with Crippen molar-refractivity contribution in [2.45, 2.75) is 6.92 Å². The van der Waals surface area contributed by atoms with Crippen molar-refractivity contribution in [3.8, 4) is 5.75 Å². The Morgan fingerprint density at radius 1 is 1.04 bits per heavy atom. The molecule has 0 unspecified atom stereocenters. The monoisotopic (exact) mass is 402 g/mol. The van der Waals surface area contributed by atoms with E-state index in [1.54, 1.807) is 30.3 Å². The summed E-state index contributed by atoms with van der Waals surface area (Å²) in [5.74, 6) is -0.377. The molecule has 0 aromatic heterocycles. The summed E-state index contributed by atoms with van der Waals surface area (Å²) in [6.45, 7) is 3.41. The van der Waals surface area contributed by atoms with E-state index >= 15 is 0 Å². The zero-order valence-electron chi connectivity index (χ0n) is 15.7. The number of benzene rings is 2.